The molecule has 0 aliphatic carbocycles. The first kappa shape index (κ1) is 16.9. The van der Waals surface area contributed by atoms with Crippen LogP contribution in [0.2, 0.25) is 0 Å². The van der Waals surface area contributed by atoms with E-state index in [1.165, 1.54) is 0 Å². The molecule has 0 saturated carbocycles. The summed E-state index contributed by atoms with van der Waals surface area (Å²) in [6, 6.07) is 7.11. The molecule has 0 atom stereocenters. The number of aromatic nitrogens is 1. The van der Waals surface area contributed by atoms with Crippen LogP contribution in [0.25, 0.3) is 0 Å². The van der Waals surface area contributed by atoms with Crippen molar-refractivity contribution in [3.8, 4) is 5.75 Å². The van der Waals surface area contributed by atoms with Gasteiger partial charge in [0.25, 0.3) is 5.91 Å². The number of morpholine rings is 1. The summed E-state index contributed by atoms with van der Waals surface area (Å²) in [7, 11) is 1.59. The fourth-order valence-electron chi connectivity index (χ4n) is 2.51. The van der Waals surface area contributed by atoms with E-state index in [0.29, 0.717) is 17.9 Å². The van der Waals surface area contributed by atoms with Crippen LogP contribution in [0, 0.1) is 0 Å². The van der Waals surface area contributed by atoms with Crippen LogP contribution in [0.3, 0.4) is 0 Å². The summed E-state index contributed by atoms with van der Waals surface area (Å²) in [5.41, 5.74) is 1.63. The minimum Gasteiger partial charge on any atom is -0.497 e. The van der Waals surface area contributed by atoms with Gasteiger partial charge in [0.1, 0.15) is 10.8 Å². The van der Waals surface area contributed by atoms with Gasteiger partial charge < -0.3 is 14.8 Å². The number of amides is 1. The Morgan fingerprint density at radius 3 is 3.04 bits per heavy atom. The van der Waals surface area contributed by atoms with E-state index in [1.54, 1.807) is 36.6 Å². The molecule has 1 aromatic heterocycles. The Bertz CT molecular complexity index is 683. The summed E-state index contributed by atoms with van der Waals surface area (Å²) in [6.45, 7) is 4.73. The molecule has 3 rings (SSSR count). The van der Waals surface area contributed by atoms with Gasteiger partial charge in [0, 0.05) is 30.6 Å². The van der Waals surface area contributed by atoms with Crippen LogP contribution in [0.5, 0.6) is 5.75 Å². The van der Waals surface area contributed by atoms with Gasteiger partial charge in [0.2, 0.25) is 0 Å². The second-order valence-corrected chi connectivity index (χ2v) is 6.48. The van der Waals surface area contributed by atoms with Gasteiger partial charge >= 0.3 is 0 Å². The lowest BCUT2D eigenvalue weighted by molar-refractivity contribution is 0.0337. The van der Waals surface area contributed by atoms with Crippen molar-refractivity contribution in [2.45, 2.75) is 13.1 Å². The van der Waals surface area contributed by atoms with Crippen LogP contribution in [-0.4, -0.2) is 49.2 Å². The molecule has 1 fully saturated rings. The SMILES string of the molecule is COc1cccc(C(=O)NCc2nc(CN3CCOCC3)cs2)c1. The normalized spacial score (nSPS) is 15.2. The monoisotopic (exact) mass is 347 g/mol. The van der Waals surface area contributed by atoms with Crippen LogP contribution in [0.1, 0.15) is 21.1 Å². The Kier molecular flexibility index (Phi) is 5.79. The van der Waals surface area contributed by atoms with Gasteiger partial charge in [0.15, 0.2) is 0 Å². The van der Waals surface area contributed by atoms with Gasteiger partial charge in [-0.2, -0.15) is 0 Å². The van der Waals surface area contributed by atoms with Crippen molar-refractivity contribution >= 4 is 17.2 Å². The predicted molar refractivity (Wildman–Crippen MR) is 92.4 cm³/mol. The largest absolute Gasteiger partial charge is 0.497 e. The van der Waals surface area contributed by atoms with Gasteiger partial charge in [-0.05, 0) is 18.2 Å². The number of carbonyl (C=O) groups excluding carboxylic acids is 1. The van der Waals surface area contributed by atoms with Crippen molar-refractivity contribution < 1.29 is 14.3 Å². The zero-order valence-corrected chi connectivity index (χ0v) is 14.5. The van der Waals surface area contributed by atoms with Crippen molar-refractivity contribution in [2.75, 3.05) is 33.4 Å². The molecule has 24 heavy (non-hydrogen) atoms. The van der Waals surface area contributed by atoms with E-state index in [9.17, 15) is 4.79 Å². The van der Waals surface area contributed by atoms with E-state index in [-0.39, 0.29) is 5.91 Å². The predicted octanol–water partition coefficient (Wildman–Crippen LogP) is 1.91. The minimum absolute atomic E-state index is 0.126. The molecule has 1 amide bonds. The smallest absolute Gasteiger partial charge is 0.251 e. The number of carbonyl (C=O) groups is 1. The molecular formula is C17H21N3O3S. The molecule has 1 aromatic carbocycles. The lowest BCUT2D eigenvalue weighted by Crippen LogP contribution is -2.35. The highest BCUT2D eigenvalue weighted by Crippen LogP contribution is 2.14. The second kappa shape index (κ2) is 8.23. The fraction of sp³-hybridized carbons (Fsp3) is 0.412. The van der Waals surface area contributed by atoms with Crippen LogP contribution >= 0.6 is 11.3 Å². The first-order chi connectivity index (χ1) is 11.7. The van der Waals surface area contributed by atoms with Crippen LogP contribution in [0.15, 0.2) is 29.6 Å². The molecule has 1 aliphatic heterocycles. The van der Waals surface area contributed by atoms with E-state index >= 15 is 0 Å². The number of benzene rings is 1. The fourth-order valence-corrected chi connectivity index (χ4v) is 3.24. The molecule has 2 heterocycles. The maximum atomic E-state index is 12.2. The van der Waals surface area contributed by atoms with E-state index in [4.69, 9.17) is 9.47 Å². The van der Waals surface area contributed by atoms with E-state index in [1.807, 2.05) is 6.07 Å². The Balaban J connectivity index is 1.52. The Morgan fingerprint density at radius 2 is 2.25 bits per heavy atom. The highest BCUT2D eigenvalue weighted by Gasteiger charge is 2.13. The maximum Gasteiger partial charge on any atom is 0.251 e. The maximum absolute atomic E-state index is 12.2. The molecule has 7 heteroatoms. The molecule has 0 unspecified atom stereocenters. The molecule has 1 saturated heterocycles. The zero-order valence-electron chi connectivity index (χ0n) is 13.7. The highest BCUT2D eigenvalue weighted by molar-refractivity contribution is 7.09. The molecule has 0 radical (unpaired) electrons. The van der Waals surface area contributed by atoms with Gasteiger partial charge in [-0.15, -0.1) is 11.3 Å². The molecular weight excluding hydrogens is 326 g/mol. The summed E-state index contributed by atoms with van der Waals surface area (Å²) < 4.78 is 10.5. The Labute approximate surface area is 145 Å². The minimum atomic E-state index is -0.126. The summed E-state index contributed by atoms with van der Waals surface area (Å²) in [5.74, 6) is 0.545. The van der Waals surface area contributed by atoms with Gasteiger partial charge in [-0.1, -0.05) is 6.07 Å². The number of hydrogen-bond donors (Lipinski definition) is 1. The molecule has 128 valence electrons. The van der Waals surface area contributed by atoms with Gasteiger partial charge in [0.05, 0.1) is 32.6 Å². The summed E-state index contributed by atoms with van der Waals surface area (Å²) in [4.78, 5) is 19.1. The number of hydrogen-bond acceptors (Lipinski definition) is 6. The first-order valence-corrected chi connectivity index (χ1v) is 8.78. The summed E-state index contributed by atoms with van der Waals surface area (Å²) in [5, 5.41) is 5.87. The molecule has 0 spiro atoms. The highest BCUT2D eigenvalue weighted by atomic mass is 32.1. The Hall–Kier alpha value is -1.96. The third-order valence-corrected chi connectivity index (χ3v) is 4.72. The van der Waals surface area contributed by atoms with E-state index in [0.717, 1.165) is 43.5 Å². The number of ether oxygens (including phenoxy) is 2. The van der Waals surface area contributed by atoms with Crippen molar-refractivity contribution in [3.63, 3.8) is 0 Å². The third-order valence-electron chi connectivity index (χ3n) is 3.82. The standard InChI is InChI=1S/C17H21N3O3S/c1-22-15-4-2-3-13(9-15)17(21)18-10-16-19-14(12-24-16)11-20-5-7-23-8-6-20/h2-4,9,12H,5-8,10-11H2,1H3,(H,18,21). The summed E-state index contributed by atoms with van der Waals surface area (Å²) >= 11 is 1.57. The lowest BCUT2D eigenvalue weighted by Gasteiger charge is -2.25. The molecule has 6 nitrogen and oxygen atoms in total. The van der Waals surface area contributed by atoms with Crippen molar-refractivity contribution in [3.05, 3.63) is 45.9 Å². The number of nitrogens with zero attached hydrogens (tertiary/aromatic N) is 2. The average Bonchev–Trinajstić information content (AvgIpc) is 3.08. The molecule has 0 bridgehead atoms. The van der Waals surface area contributed by atoms with E-state index < -0.39 is 0 Å². The van der Waals surface area contributed by atoms with Crippen molar-refractivity contribution in [1.29, 1.82) is 0 Å². The Morgan fingerprint density at radius 1 is 1.42 bits per heavy atom. The van der Waals surface area contributed by atoms with E-state index in [2.05, 4.69) is 20.6 Å². The topological polar surface area (TPSA) is 63.7 Å². The second-order valence-electron chi connectivity index (χ2n) is 5.54. The zero-order chi connectivity index (χ0) is 16.8. The number of nitrogens with one attached hydrogen (secondary N) is 1. The molecule has 2 aromatic rings. The van der Waals surface area contributed by atoms with Crippen LogP contribution < -0.4 is 10.1 Å². The van der Waals surface area contributed by atoms with Gasteiger partial charge in [-0.25, -0.2) is 4.98 Å². The molecule has 1 aliphatic rings. The van der Waals surface area contributed by atoms with Crippen molar-refractivity contribution in [2.24, 2.45) is 0 Å². The first-order valence-electron chi connectivity index (χ1n) is 7.90. The third kappa shape index (κ3) is 4.53. The van der Waals surface area contributed by atoms with Crippen LogP contribution in [0.4, 0.5) is 0 Å². The number of methoxy groups -OCH3 is 1. The number of thiazole rings is 1. The quantitative estimate of drug-likeness (QED) is 0.865. The van der Waals surface area contributed by atoms with Crippen LogP contribution in [-0.2, 0) is 17.8 Å². The summed E-state index contributed by atoms with van der Waals surface area (Å²) in [6.07, 6.45) is 0. The number of rotatable bonds is 6. The lowest BCUT2D eigenvalue weighted by atomic mass is 10.2. The van der Waals surface area contributed by atoms with Gasteiger partial charge in [-0.3, -0.25) is 9.69 Å². The van der Waals surface area contributed by atoms with Crippen molar-refractivity contribution in [1.82, 2.24) is 15.2 Å². The molecule has 1 N–H and O–H groups in total. The average molecular weight is 347 g/mol.